The maximum absolute atomic E-state index is 13.5. The van der Waals surface area contributed by atoms with Gasteiger partial charge >= 0.3 is 0 Å². The molecule has 33 heavy (non-hydrogen) atoms. The van der Waals surface area contributed by atoms with E-state index >= 15 is 0 Å². The fraction of sp³-hybridized carbons (Fsp3) is 0.381. The first-order valence-electron chi connectivity index (χ1n) is 10.5. The summed E-state index contributed by atoms with van der Waals surface area (Å²) in [5.74, 6) is -1.89. The molecule has 1 amide bonds. The van der Waals surface area contributed by atoms with E-state index in [0.29, 0.717) is 33.3 Å². The number of thiophene rings is 1. The smallest absolute Gasteiger partial charge is 0.264 e. The Bertz CT molecular complexity index is 1460. The third-order valence-corrected chi connectivity index (χ3v) is 9.23. The summed E-state index contributed by atoms with van der Waals surface area (Å²) < 4.78 is 55.1. The normalized spacial score (nSPS) is 17.0. The number of rotatable bonds is 3. The van der Waals surface area contributed by atoms with Crippen molar-refractivity contribution in [2.24, 2.45) is 0 Å². The van der Waals surface area contributed by atoms with E-state index < -0.39 is 21.7 Å². The number of piperazine rings is 1. The van der Waals surface area contributed by atoms with Crippen molar-refractivity contribution in [3.63, 3.8) is 0 Å². The Balaban J connectivity index is 1.36. The average Bonchev–Trinajstić information content (AvgIpc) is 3.40. The highest BCUT2D eigenvalue weighted by Gasteiger charge is 2.32. The number of halogens is 2. The quantitative estimate of drug-likeness (QED) is 0.556. The summed E-state index contributed by atoms with van der Waals surface area (Å²) in [6.07, 6.45) is 1.61. The number of aromatic nitrogens is 2. The monoisotopic (exact) mass is 494 g/mol. The van der Waals surface area contributed by atoms with E-state index in [9.17, 15) is 26.8 Å². The lowest BCUT2D eigenvalue weighted by Gasteiger charge is -2.34. The van der Waals surface area contributed by atoms with Crippen LogP contribution < -0.4 is 5.56 Å². The second-order valence-electron chi connectivity index (χ2n) is 8.10. The standard InChI is InChI=1S/C21H20F2N4O4S2/c1-12-17-19(24-16-3-2-6-27(16)20(17)28)32-18(12)21(29)25-7-9-26(10-8-25)33(30,31)13-4-5-14(22)15(23)11-13/h4-5,11H,2-3,6-10H2,1H3. The number of amides is 1. The Hall–Kier alpha value is -2.70. The molecule has 1 fully saturated rings. The van der Waals surface area contributed by atoms with Gasteiger partial charge in [-0.1, -0.05) is 0 Å². The molecule has 0 spiro atoms. The highest BCUT2D eigenvalue weighted by atomic mass is 32.2. The highest BCUT2D eigenvalue weighted by molar-refractivity contribution is 7.89. The summed E-state index contributed by atoms with van der Waals surface area (Å²) in [5, 5.41) is 0.466. The molecule has 12 heteroatoms. The lowest BCUT2D eigenvalue weighted by Crippen LogP contribution is -2.50. The molecule has 0 unspecified atom stereocenters. The number of hydrogen-bond donors (Lipinski definition) is 0. The van der Waals surface area contributed by atoms with E-state index in [1.54, 1.807) is 16.4 Å². The fourth-order valence-corrected chi connectivity index (χ4v) is 6.93. The van der Waals surface area contributed by atoms with Gasteiger partial charge in [0.05, 0.1) is 15.2 Å². The van der Waals surface area contributed by atoms with Crippen LogP contribution in [0.1, 0.15) is 27.5 Å². The molecule has 0 aliphatic carbocycles. The van der Waals surface area contributed by atoms with Crippen molar-refractivity contribution in [2.75, 3.05) is 26.2 Å². The molecule has 0 atom stereocenters. The van der Waals surface area contributed by atoms with Crippen molar-refractivity contribution < 1.29 is 22.0 Å². The van der Waals surface area contributed by atoms with Crippen LogP contribution in [0.25, 0.3) is 10.2 Å². The van der Waals surface area contributed by atoms with Crippen molar-refractivity contribution in [3.8, 4) is 0 Å². The van der Waals surface area contributed by atoms with Crippen LogP contribution in [-0.2, 0) is 23.0 Å². The molecular weight excluding hydrogens is 474 g/mol. The van der Waals surface area contributed by atoms with Crippen LogP contribution in [0.5, 0.6) is 0 Å². The van der Waals surface area contributed by atoms with Gasteiger partial charge in [-0.05, 0) is 37.1 Å². The van der Waals surface area contributed by atoms with Crippen molar-refractivity contribution in [1.82, 2.24) is 18.8 Å². The second kappa shape index (κ2) is 7.96. The summed E-state index contributed by atoms with van der Waals surface area (Å²) in [5.41, 5.74) is 0.472. The minimum atomic E-state index is -4.02. The zero-order valence-corrected chi connectivity index (χ0v) is 19.3. The van der Waals surface area contributed by atoms with E-state index in [1.165, 1.54) is 11.3 Å². The third-order valence-electron chi connectivity index (χ3n) is 6.16. The average molecular weight is 495 g/mol. The van der Waals surface area contributed by atoms with Crippen LogP contribution in [-0.4, -0.2) is 59.3 Å². The number of benzene rings is 1. The summed E-state index contributed by atoms with van der Waals surface area (Å²) >= 11 is 1.19. The van der Waals surface area contributed by atoms with Gasteiger partial charge in [0.2, 0.25) is 10.0 Å². The van der Waals surface area contributed by atoms with E-state index in [-0.39, 0.29) is 42.5 Å². The van der Waals surface area contributed by atoms with Crippen LogP contribution in [0.3, 0.4) is 0 Å². The SMILES string of the molecule is Cc1c(C(=O)N2CCN(S(=O)(=O)c3ccc(F)c(F)c3)CC2)sc2nc3n(c(=O)c12)CCC3. The van der Waals surface area contributed by atoms with Crippen LogP contribution in [0.2, 0.25) is 0 Å². The summed E-state index contributed by atoms with van der Waals surface area (Å²) in [4.78, 5) is 32.8. The van der Waals surface area contributed by atoms with E-state index in [2.05, 4.69) is 4.98 Å². The van der Waals surface area contributed by atoms with Gasteiger partial charge in [0.15, 0.2) is 11.6 Å². The van der Waals surface area contributed by atoms with Gasteiger partial charge in [-0.2, -0.15) is 4.31 Å². The molecule has 0 N–H and O–H groups in total. The number of carbonyl (C=O) groups is 1. The fourth-order valence-electron chi connectivity index (χ4n) is 4.34. The molecule has 1 saturated heterocycles. The van der Waals surface area contributed by atoms with Crippen LogP contribution in [0.15, 0.2) is 27.9 Å². The minimum Gasteiger partial charge on any atom is -0.335 e. The number of carbonyl (C=O) groups excluding carboxylic acids is 1. The second-order valence-corrected chi connectivity index (χ2v) is 11.0. The molecule has 1 aromatic carbocycles. The Labute approximate surface area is 192 Å². The Morgan fingerprint density at radius 1 is 1.09 bits per heavy atom. The topological polar surface area (TPSA) is 92.6 Å². The van der Waals surface area contributed by atoms with Gasteiger partial charge in [-0.3, -0.25) is 14.2 Å². The molecule has 3 aromatic rings. The van der Waals surface area contributed by atoms with Crippen LogP contribution >= 0.6 is 11.3 Å². The Kier molecular flexibility index (Phi) is 5.33. The van der Waals surface area contributed by atoms with Gasteiger partial charge in [-0.15, -0.1) is 11.3 Å². The summed E-state index contributed by atoms with van der Waals surface area (Å²) in [6.45, 7) is 2.68. The first-order chi connectivity index (χ1) is 15.7. The molecule has 5 rings (SSSR count). The minimum absolute atomic E-state index is 0.0201. The molecule has 0 bridgehead atoms. The Morgan fingerprint density at radius 3 is 2.52 bits per heavy atom. The number of nitrogens with zero attached hydrogens (tertiary/aromatic N) is 4. The van der Waals surface area contributed by atoms with E-state index in [0.717, 1.165) is 35.1 Å². The highest BCUT2D eigenvalue weighted by Crippen LogP contribution is 2.30. The molecule has 2 aliphatic rings. The van der Waals surface area contributed by atoms with E-state index in [1.807, 2.05) is 0 Å². The maximum Gasteiger partial charge on any atom is 0.264 e. The molecule has 2 aromatic heterocycles. The van der Waals surface area contributed by atoms with Crippen molar-refractivity contribution in [1.29, 1.82) is 0 Å². The molecule has 0 radical (unpaired) electrons. The lowest BCUT2D eigenvalue weighted by atomic mass is 10.2. The van der Waals surface area contributed by atoms with Crippen molar-refractivity contribution in [3.05, 3.63) is 56.5 Å². The maximum atomic E-state index is 13.5. The summed E-state index contributed by atoms with van der Waals surface area (Å²) in [7, 11) is -4.02. The van der Waals surface area contributed by atoms with Gasteiger partial charge in [0.25, 0.3) is 11.5 Å². The zero-order chi connectivity index (χ0) is 23.5. The first kappa shape index (κ1) is 22.1. The van der Waals surface area contributed by atoms with Crippen molar-refractivity contribution >= 4 is 37.5 Å². The molecular formula is C21H20F2N4O4S2. The summed E-state index contributed by atoms with van der Waals surface area (Å²) in [6, 6.07) is 2.46. The number of hydrogen-bond acceptors (Lipinski definition) is 6. The first-order valence-corrected chi connectivity index (χ1v) is 12.7. The third kappa shape index (κ3) is 3.56. The molecule has 174 valence electrons. The Morgan fingerprint density at radius 2 is 1.82 bits per heavy atom. The number of fused-ring (bicyclic) bond motifs is 2. The van der Waals surface area contributed by atoms with Crippen molar-refractivity contribution in [2.45, 2.75) is 31.2 Å². The predicted octanol–water partition coefficient (Wildman–Crippen LogP) is 2.14. The largest absolute Gasteiger partial charge is 0.335 e. The van der Waals surface area contributed by atoms with Crippen LogP contribution in [0.4, 0.5) is 8.78 Å². The molecule has 0 saturated carbocycles. The van der Waals surface area contributed by atoms with Gasteiger partial charge in [0.1, 0.15) is 10.7 Å². The van der Waals surface area contributed by atoms with Crippen LogP contribution in [0, 0.1) is 18.6 Å². The number of aryl methyl sites for hydroxylation is 2. The van der Waals surface area contributed by atoms with Gasteiger partial charge in [0, 0.05) is 39.1 Å². The number of sulfonamides is 1. The molecule has 8 nitrogen and oxygen atoms in total. The van der Waals surface area contributed by atoms with Gasteiger partial charge in [-0.25, -0.2) is 22.2 Å². The zero-order valence-electron chi connectivity index (χ0n) is 17.7. The van der Waals surface area contributed by atoms with E-state index in [4.69, 9.17) is 0 Å². The lowest BCUT2D eigenvalue weighted by molar-refractivity contribution is 0.0702. The molecule has 4 heterocycles. The van der Waals surface area contributed by atoms with Gasteiger partial charge < -0.3 is 4.90 Å². The predicted molar refractivity (Wildman–Crippen MR) is 118 cm³/mol. The molecule has 2 aliphatic heterocycles.